The van der Waals surface area contributed by atoms with Crippen LogP contribution in [-0.2, 0) is 10.3 Å². The minimum absolute atomic E-state index is 0.0383. The molecule has 124 valence electrons. The smallest absolute Gasteiger partial charge is 0.196 e. The molecule has 1 fully saturated rings. The summed E-state index contributed by atoms with van der Waals surface area (Å²) in [5.74, 6) is 0.848. The van der Waals surface area contributed by atoms with E-state index in [0.29, 0.717) is 0 Å². The zero-order valence-corrected chi connectivity index (χ0v) is 15.1. The van der Waals surface area contributed by atoms with Gasteiger partial charge in [0.05, 0.1) is 5.54 Å². The lowest BCUT2D eigenvalue weighted by Crippen LogP contribution is -2.69. The van der Waals surface area contributed by atoms with Gasteiger partial charge >= 0.3 is 0 Å². The number of ether oxygens (including phenoxy) is 2. The van der Waals surface area contributed by atoms with E-state index in [0.717, 1.165) is 18.7 Å². The highest BCUT2D eigenvalue weighted by atomic mass is 16.7. The molecule has 2 atom stereocenters. The second kappa shape index (κ2) is 5.86. The quantitative estimate of drug-likeness (QED) is 0.822. The molecule has 1 saturated heterocycles. The summed E-state index contributed by atoms with van der Waals surface area (Å²) in [7, 11) is 1.65. The number of nitrogens with one attached hydrogen (secondary N) is 1. The van der Waals surface area contributed by atoms with Gasteiger partial charge in [0.2, 0.25) is 0 Å². The molecule has 1 aliphatic heterocycles. The highest BCUT2D eigenvalue weighted by Crippen LogP contribution is 2.52. The first-order valence-electron chi connectivity index (χ1n) is 8.15. The van der Waals surface area contributed by atoms with Crippen LogP contribution in [0.3, 0.4) is 0 Å². The van der Waals surface area contributed by atoms with E-state index in [4.69, 9.17) is 9.47 Å². The van der Waals surface area contributed by atoms with E-state index in [2.05, 4.69) is 52.1 Å². The average molecular weight is 305 g/mol. The maximum Gasteiger partial charge on any atom is 0.196 e. The topological polar surface area (TPSA) is 30.5 Å². The van der Waals surface area contributed by atoms with Gasteiger partial charge in [-0.2, -0.15) is 0 Å². The van der Waals surface area contributed by atoms with Crippen molar-refractivity contribution in [3.8, 4) is 5.75 Å². The van der Waals surface area contributed by atoms with Crippen LogP contribution in [0.25, 0.3) is 0 Å². The molecule has 1 aromatic carbocycles. The fourth-order valence-electron chi connectivity index (χ4n) is 3.41. The second-order valence-electron chi connectivity index (χ2n) is 8.33. The standard InChI is InChI=1S/C19H31NO2/c1-14(21-7)22-16-10-8-15(9-11-16)19(12-17(2,3)4)18(5,6)13-20-19/h8-11,14,20H,12-13H2,1-7H3. The number of rotatable bonds is 5. The van der Waals surface area contributed by atoms with Gasteiger partial charge in [0.15, 0.2) is 6.29 Å². The third kappa shape index (κ3) is 3.31. The Morgan fingerprint density at radius 1 is 1.18 bits per heavy atom. The molecular formula is C19H31NO2. The van der Waals surface area contributed by atoms with Crippen LogP contribution in [0.5, 0.6) is 5.75 Å². The van der Waals surface area contributed by atoms with Crippen molar-refractivity contribution in [2.24, 2.45) is 10.8 Å². The Hall–Kier alpha value is -1.06. The summed E-state index contributed by atoms with van der Waals surface area (Å²) in [5, 5.41) is 3.73. The Labute approximate surface area is 135 Å². The lowest BCUT2D eigenvalue weighted by molar-refractivity contribution is -0.0386. The summed E-state index contributed by atoms with van der Waals surface area (Å²) < 4.78 is 10.8. The van der Waals surface area contributed by atoms with Gasteiger partial charge in [-0.15, -0.1) is 0 Å². The van der Waals surface area contributed by atoms with Crippen molar-refractivity contribution in [3.05, 3.63) is 29.8 Å². The molecule has 1 aliphatic rings. The Morgan fingerprint density at radius 3 is 2.14 bits per heavy atom. The molecule has 0 radical (unpaired) electrons. The first-order chi connectivity index (χ1) is 10.1. The maximum absolute atomic E-state index is 5.69. The van der Waals surface area contributed by atoms with Gasteiger partial charge in [-0.05, 0) is 41.9 Å². The van der Waals surface area contributed by atoms with Gasteiger partial charge in [0.25, 0.3) is 0 Å². The molecule has 1 aromatic rings. The van der Waals surface area contributed by atoms with Crippen LogP contribution in [-0.4, -0.2) is 19.9 Å². The predicted octanol–water partition coefficient (Wildman–Crippen LogP) is 4.32. The Kier molecular flexibility index (Phi) is 4.61. The highest BCUT2D eigenvalue weighted by molar-refractivity contribution is 5.36. The predicted molar refractivity (Wildman–Crippen MR) is 91.1 cm³/mol. The fraction of sp³-hybridized carbons (Fsp3) is 0.684. The molecule has 2 unspecified atom stereocenters. The van der Waals surface area contributed by atoms with Gasteiger partial charge in [-0.1, -0.05) is 46.8 Å². The zero-order valence-electron chi connectivity index (χ0n) is 15.1. The third-order valence-electron chi connectivity index (χ3n) is 4.76. The van der Waals surface area contributed by atoms with Crippen LogP contribution in [0.1, 0.15) is 53.5 Å². The van der Waals surface area contributed by atoms with Crippen molar-refractivity contribution >= 4 is 0 Å². The summed E-state index contributed by atoms with van der Waals surface area (Å²) >= 11 is 0. The summed E-state index contributed by atoms with van der Waals surface area (Å²) in [6.45, 7) is 14.6. The van der Waals surface area contributed by atoms with Crippen molar-refractivity contribution in [2.45, 2.75) is 59.8 Å². The van der Waals surface area contributed by atoms with E-state index in [-0.39, 0.29) is 22.7 Å². The van der Waals surface area contributed by atoms with E-state index < -0.39 is 0 Å². The Balaban J connectivity index is 2.26. The van der Waals surface area contributed by atoms with Crippen molar-refractivity contribution in [1.82, 2.24) is 5.32 Å². The Morgan fingerprint density at radius 2 is 1.77 bits per heavy atom. The fourth-order valence-corrected chi connectivity index (χ4v) is 3.41. The van der Waals surface area contributed by atoms with E-state index in [1.165, 1.54) is 5.56 Å². The minimum Gasteiger partial charge on any atom is -0.465 e. The first-order valence-corrected chi connectivity index (χ1v) is 8.15. The van der Waals surface area contributed by atoms with Crippen LogP contribution in [0.2, 0.25) is 0 Å². The summed E-state index contributed by atoms with van der Waals surface area (Å²) in [4.78, 5) is 0. The van der Waals surface area contributed by atoms with E-state index in [9.17, 15) is 0 Å². The highest BCUT2D eigenvalue weighted by Gasteiger charge is 2.54. The van der Waals surface area contributed by atoms with Crippen LogP contribution < -0.4 is 10.1 Å². The average Bonchev–Trinajstić information content (AvgIpc) is 2.43. The summed E-state index contributed by atoms with van der Waals surface area (Å²) in [6, 6.07) is 8.48. The SMILES string of the molecule is COC(C)Oc1ccc(C2(CC(C)(C)C)NCC2(C)C)cc1. The molecule has 1 N–H and O–H groups in total. The second-order valence-corrected chi connectivity index (χ2v) is 8.33. The molecule has 1 heterocycles. The van der Waals surface area contributed by atoms with Crippen LogP contribution >= 0.6 is 0 Å². The first kappa shape index (κ1) is 17.3. The lowest BCUT2D eigenvalue weighted by atomic mass is 9.57. The minimum atomic E-state index is -0.229. The van der Waals surface area contributed by atoms with Gasteiger partial charge in [-0.3, -0.25) is 0 Å². The molecule has 2 rings (SSSR count). The Bertz CT molecular complexity index is 501. The maximum atomic E-state index is 5.69. The number of hydrogen-bond donors (Lipinski definition) is 1. The summed E-state index contributed by atoms with van der Waals surface area (Å²) in [6.07, 6.45) is 0.884. The van der Waals surface area contributed by atoms with Crippen molar-refractivity contribution in [1.29, 1.82) is 0 Å². The van der Waals surface area contributed by atoms with E-state index in [1.807, 2.05) is 19.1 Å². The molecule has 0 spiro atoms. The van der Waals surface area contributed by atoms with Crippen molar-refractivity contribution in [3.63, 3.8) is 0 Å². The van der Waals surface area contributed by atoms with E-state index in [1.54, 1.807) is 7.11 Å². The molecule has 0 aromatic heterocycles. The van der Waals surface area contributed by atoms with E-state index >= 15 is 0 Å². The molecule has 3 nitrogen and oxygen atoms in total. The molecular weight excluding hydrogens is 274 g/mol. The third-order valence-corrected chi connectivity index (χ3v) is 4.76. The number of methoxy groups -OCH3 is 1. The van der Waals surface area contributed by atoms with Crippen LogP contribution in [0.15, 0.2) is 24.3 Å². The molecule has 0 amide bonds. The normalized spacial score (nSPS) is 25.4. The van der Waals surface area contributed by atoms with Crippen LogP contribution in [0.4, 0.5) is 0 Å². The zero-order chi connectivity index (χ0) is 16.6. The largest absolute Gasteiger partial charge is 0.465 e. The van der Waals surface area contributed by atoms with Crippen molar-refractivity contribution in [2.75, 3.05) is 13.7 Å². The van der Waals surface area contributed by atoms with Gasteiger partial charge in [-0.25, -0.2) is 0 Å². The molecule has 0 aliphatic carbocycles. The lowest BCUT2D eigenvalue weighted by Gasteiger charge is -2.60. The molecule has 22 heavy (non-hydrogen) atoms. The molecule has 0 saturated carbocycles. The van der Waals surface area contributed by atoms with Crippen LogP contribution in [0, 0.1) is 10.8 Å². The van der Waals surface area contributed by atoms with Gasteiger partial charge in [0, 0.05) is 13.7 Å². The molecule has 0 bridgehead atoms. The number of benzene rings is 1. The van der Waals surface area contributed by atoms with Gasteiger partial charge < -0.3 is 14.8 Å². The number of hydrogen-bond acceptors (Lipinski definition) is 3. The molecule has 3 heteroatoms. The van der Waals surface area contributed by atoms with Crippen molar-refractivity contribution < 1.29 is 9.47 Å². The van der Waals surface area contributed by atoms with Gasteiger partial charge in [0.1, 0.15) is 5.75 Å². The monoisotopic (exact) mass is 305 g/mol. The summed E-state index contributed by atoms with van der Waals surface area (Å²) in [5.41, 5.74) is 1.90.